The van der Waals surface area contributed by atoms with Gasteiger partial charge in [-0.05, 0) is 37.6 Å². The van der Waals surface area contributed by atoms with E-state index < -0.39 is 0 Å². The van der Waals surface area contributed by atoms with E-state index in [1.807, 2.05) is 55.6 Å². The van der Waals surface area contributed by atoms with Gasteiger partial charge in [-0.25, -0.2) is 0 Å². The number of amides is 1. The van der Waals surface area contributed by atoms with E-state index in [1.54, 1.807) is 19.1 Å². The number of para-hydroxylation sites is 1. The Kier molecular flexibility index (Phi) is 5.78. The van der Waals surface area contributed by atoms with Gasteiger partial charge in [-0.3, -0.25) is 9.69 Å². The predicted molar refractivity (Wildman–Crippen MR) is 103 cm³/mol. The number of nitrogens with zero attached hydrogens (tertiary/aromatic N) is 2. The minimum Gasteiger partial charge on any atom is -0.497 e. The van der Waals surface area contributed by atoms with Gasteiger partial charge in [-0.15, -0.1) is 0 Å². The van der Waals surface area contributed by atoms with E-state index in [1.165, 1.54) is 0 Å². The van der Waals surface area contributed by atoms with E-state index in [0.717, 1.165) is 42.1 Å². The SMILES string of the molecule is COc1ccc([C@@H]2CCCN2CC(=O)N(C)c2ccccc2)c(OC)c1. The number of anilines is 1. The van der Waals surface area contributed by atoms with Crippen LogP contribution in [0.2, 0.25) is 0 Å². The van der Waals surface area contributed by atoms with E-state index in [-0.39, 0.29) is 11.9 Å². The van der Waals surface area contributed by atoms with E-state index >= 15 is 0 Å². The van der Waals surface area contributed by atoms with Crippen molar-refractivity contribution in [2.24, 2.45) is 0 Å². The average Bonchev–Trinajstić information content (AvgIpc) is 3.15. The number of carbonyl (C=O) groups excluding carboxylic acids is 1. The number of hydrogen-bond acceptors (Lipinski definition) is 4. The molecular weight excluding hydrogens is 328 g/mol. The van der Waals surface area contributed by atoms with Crippen LogP contribution in [0, 0.1) is 0 Å². The van der Waals surface area contributed by atoms with Crippen molar-refractivity contribution in [3.05, 3.63) is 54.1 Å². The van der Waals surface area contributed by atoms with E-state index in [2.05, 4.69) is 4.90 Å². The first-order valence-corrected chi connectivity index (χ1v) is 8.91. The molecule has 1 atom stereocenters. The summed E-state index contributed by atoms with van der Waals surface area (Å²) in [7, 11) is 5.15. The highest BCUT2D eigenvalue weighted by Crippen LogP contribution is 2.38. The van der Waals surface area contributed by atoms with Crippen LogP contribution in [0.4, 0.5) is 5.69 Å². The molecular formula is C21H26N2O3. The fourth-order valence-corrected chi connectivity index (χ4v) is 3.54. The number of carbonyl (C=O) groups is 1. The molecule has 0 aliphatic carbocycles. The quantitative estimate of drug-likeness (QED) is 0.796. The molecule has 0 unspecified atom stereocenters. The number of benzene rings is 2. The average molecular weight is 354 g/mol. The molecule has 1 heterocycles. The Morgan fingerprint density at radius 2 is 1.92 bits per heavy atom. The maximum Gasteiger partial charge on any atom is 0.240 e. The van der Waals surface area contributed by atoms with Gasteiger partial charge in [0.25, 0.3) is 0 Å². The summed E-state index contributed by atoms with van der Waals surface area (Å²) in [5.41, 5.74) is 2.02. The molecule has 2 aromatic rings. The normalized spacial score (nSPS) is 17.1. The minimum absolute atomic E-state index is 0.0931. The highest BCUT2D eigenvalue weighted by atomic mass is 16.5. The van der Waals surface area contributed by atoms with Crippen LogP contribution in [0.3, 0.4) is 0 Å². The molecule has 3 rings (SSSR count). The number of likely N-dealkylation sites (N-methyl/N-ethyl adjacent to an activating group) is 1. The number of rotatable bonds is 6. The first-order valence-electron chi connectivity index (χ1n) is 8.91. The predicted octanol–water partition coefficient (Wildman–Crippen LogP) is 3.50. The highest BCUT2D eigenvalue weighted by Gasteiger charge is 2.30. The van der Waals surface area contributed by atoms with Gasteiger partial charge in [0.15, 0.2) is 0 Å². The molecule has 1 aliphatic rings. The minimum atomic E-state index is 0.0931. The summed E-state index contributed by atoms with van der Waals surface area (Å²) in [5, 5.41) is 0. The summed E-state index contributed by atoms with van der Waals surface area (Å²) in [6.07, 6.45) is 2.09. The lowest BCUT2D eigenvalue weighted by Gasteiger charge is -2.28. The zero-order valence-electron chi connectivity index (χ0n) is 15.6. The van der Waals surface area contributed by atoms with Crippen LogP contribution >= 0.6 is 0 Å². The molecule has 0 bridgehead atoms. The Balaban J connectivity index is 1.75. The number of likely N-dealkylation sites (tertiary alicyclic amines) is 1. The van der Waals surface area contributed by atoms with Crippen molar-refractivity contribution in [2.75, 3.05) is 39.3 Å². The summed E-state index contributed by atoms with van der Waals surface area (Å²) in [4.78, 5) is 16.7. The number of ether oxygens (including phenoxy) is 2. The zero-order chi connectivity index (χ0) is 18.5. The summed E-state index contributed by atoms with van der Waals surface area (Å²) >= 11 is 0. The largest absolute Gasteiger partial charge is 0.497 e. The van der Waals surface area contributed by atoms with Gasteiger partial charge in [-0.1, -0.05) is 24.3 Å². The summed E-state index contributed by atoms with van der Waals surface area (Å²) in [6.45, 7) is 1.31. The van der Waals surface area contributed by atoms with Crippen molar-refractivity contribution in [3.63, 3.8) is 0 Å². The summed E-state index contributed by atoms with van der Waals surface area (Å²) in [6, 6.07) is 15.8. The second-order valence-corrected chi connectivity index (χ2v) is 6.52. The molecule has 5 nitrogen and oxygen atoms in total. The van der Waals surface area contributed by atoms with Gasteiger partial charge in [0.05, 0.1) is 20.8 Å². The second kappa shape index (κ2) is 8.23. The Morgan fingerprint density at radius 3 is 2.62 bits per heavy atom. The van der Waals surface area contributed by atoms with Crippen LogP contribution < -0.4 is 14.4 Å². The Hall–Kier alpha value is -2.53. The van der Waals surface area contributed by atoms with Gasteiger partial charge in [0, 0.05) is 30.4 Å². The molecule has 1 amide bonds. The van der Waals surface area contributed by atoms with E-state index in [0.29, 0.717) is 6.54 Å². The van der Waals surface area contributed by atoms with Crippen LogP contribution in [-0.2, 0) is 4.79 Å². The van der Waals surface area contributed by atoms with Crippen molar-refractivity contribution >= 4 is 11.6 Å². The Bertz CT molecular complexity index is 748. The molecule has 2 aromatic carbocycles. The molecule has 1 saturated heterocycles. The first kappa shape index (κ1) is 18.3. The van der Waals surface area contributed by atoms with Gasteiger partial charge in [0.2, 0.25) is 5.91 Å². The fraction of sp³-hybridized carbons (Fsp3) is 0.381. The highest BCUT2D eigenvalue weighted by molar-refractivity contribution is 5.94. The van der Waals surface area contributed by atoms with Crippen LogP contribution in [0.1, 0.15) is 24.4 Å². The molecule has 1 fully saturated rings. The van der Waals surface area contributed by atoms with E-state index in [4.69, 9.17) is 9.47 Å². The topological polar surface area (TPSA) is 42.0 Å². The van der Waals surface area contributed by atoms with Crippen molar-refractivity contribution < 1.29 is 14.3 Å². The zero-order valence-corrected chi connectivity index (χ0v) is 15.6. The standard InChI is InChI=1S/C21H26N2O3/c1-22(16-8-5-4-6-9-16)21(24)15-23-13-7-10-19(23)18-12-11-17(25-2)14-20(18)26-3/h4-6,8-9,11-12,14,19H,7,10,13,15H2,1-3H3/t19-/m0/s1. The van der Waals surface area contributed by atoms with Crippen molar-refractivity contribution in [1.29, 1.82) is 0 Å². The maximum absolute atomic E-state index is 12.8. The third kappa shape index (κ3) is 3.83. The summed E-state index contributed by atoms with van der Waals surface area (Å²) in [5.74, 6) is 1.68. The third-order valence-corrected chi connectivity index (χ3v) is 5.02. The molecule has 26 heavy (non-hydrogen) atoms. The van der Waals surface area contributed by atoms with Crippen LogP contribution in [-0.4, -0.2) is 45.2 Å². The third-order valence-electron chi connectivity index (χ3n) is 5.02. The van der Waals surface area contributed by atoms with Gasteiger partial charge >= 0.3 is 0 Å². The first-order chi connectivity index (χ1) is 12.6. The molecule has 0 aromatic heterocycles. The Morgan fingerprint density at radius 1 is 1.15 bits per heavy atom. The lowest BCUT2D eigenvalue weighted by atomic mass is 10.0. The molecule has 0 spiro atoms. The van der Waals surface area contributed by atoms with Crippen molar-refractivity contribution in [2.45, 2.75) is 18.9 Å². The second-order valence-electron chi connectivity index (χ2n) is 6.52. The van der Waals surface area contributed by atoms with Crippen molar-refractivity contribution in [3.8, 4) is 11.5 Å². The lowest BCUT2D eigenvalue weighted by Crippen LogP contribution is -2.38. The van der Waals surface area contributed by atoms with Crippen molar-refractivity contribution in [1.82, 2.24) is 4.90 Å². The van der Waals surface area contributed by atoms with Crippen LogP contribution in [0.5, 0.6) is 11.5 Å². The number of methoxy groups -OCH3 is 2. The van der Waals surface area contributed by atoms with Gasteiger partial charge in [0.1, 0.15) is 11.5 Å². The van der Waals surface area contributed by atoms with Crippen LogP contribution in [0.15, 0.2) is 48.5 Å². The Labute approximate surface area is 155 Å². The molecule has 138 valence electrons. The fourth-order valence-electron chi connectivity index (χ4n) is 3.54. The maximum atomic E-state index is 12.8. The monoisotopic (exact) mass is 354 g/mol. The van der Waals surface area contributed by atoms with Gasteiger partial charge in [-0.2, -0.15) is 0 Å². The smallest absolute Gasteiger partial charge is 0.240 e. The molecule has 0 saturated carbocycles. The van der Waals surface area contributed by atoms with Gasteiger partial charge < -0.3 is 14.4 Å². The summed E-state index contributed by atoms with van der Waals surface area (Å²) < 4.78 is 10.9. The van der Waals surface area contributed by atoms with E-state index in [9.17, 15) is 4.79 Å². The molecule has 1 aliphatic heterocycles. The number of hydrogen-bond donors (Lipinski definition) is 0. The molecule has 5 heteroatoms. The lowest BCUT2D eigenvalue weighted by molar-refractivity contribution is -0.119. The van der Waals surface area contributed by atoms with Crippen LogP contribution in [0.25, 0.3) is 0 Å². The molecule has 0 radical (unpaired) electrons. The molecule has 0 N–H and O–H groups in total.